The smallest absolute Gasteiger partial charge is 0.251 e. The van der Waals surface area contributed by atoms with Crippen molar-refractivity contribution in [1.29, 1.82) is 0 Å². The van der Waals surface area contributed by atoms with Gasteiger partial charge in [-0.3, -0.25) is 4.79 Å². The summed E-state index contributed by atoms with van der Waals surface area (Å²) in [6, 6.07) is 19.9. The van der Waals surface area contributed by atoms with Gasteiger partial charge in [-0.25, -0.2) is 0 Å². The summed E-state index contributed by atoms with van der Waals surface area (Å²) in [6.45, 7) is 11.6. The van der Waals surface area contributed by atoms with Crippen LogP contribution in [0.25, 0.3) is 0 Å². The Morgan fingerprint density at radius 3 is 2.31 bits per heavy atom. The molecule has 0 atom stereocenters. The van der Waals surface area contributed by atoms with Crippen molar-refractivity contribution in [3.63, 3.8) is 0 Å². The molecule has 1 amide bonds. The van der Waals surface area contributed by atoms with Gasteiger partial charge in [-0.1, -0.05) is 50.2 Å². The Kier molecular flexibility index (Phi) is 7.93. The van der Waals surface area contributed by atoms with Gasteiger partial charge >= 0.3 is 0 Å². The fourth-order valence-electron chi connectivity index (χ4n) is 3.71. The molecule has 4 nitrogen and oxygen atoms in total. The maximum absolute atomic E-state index is 12.8. The fourth-order valence-corrected chi connectivity index (χ4v) is 3.71. The first-order chi connectivity index (χ1) is 15.3. The Balaban J connectivity index is 1.60. The van der Waals surface area contributed by atoms with Gasteiger partial charge in [-0.05, 0) is 73.2 Å². The van der Waals surface area contributed by atoms with E-state index < -0.39 is 0 Å². The van der Waals surface area contributed by atoms with Crippen LogP contribution in [0, 0.1) is 20.8 Å². The molecule has 0 unspecified atom stereocenters. The lowest BCUT2D eigenvalue weighted by Gasteiger charge is -2.16. The van der Waals surface area contributed by atoms with Crippen LogP contribution in [0.3, 0.4) is 0 Å². The highest BCUT2D eigenvalue weighted by Gasteiger charge is 2.13. The number of rotatable bonds is 9. The number of hydrogen-bond donors (Lipinski definition) is 1. The molecule has 168 valence electrons. The van der Waals surface area contributed by atoms with E-state index in [-0.39, 0.29) is 5.91 Å². The van der Waals surface area contributed by atoms with E-state index in [1.165, 1.54) is 5.56 Å². The molecule has 0 saturated carbocycles. The van der Waals surface area contributed by atoms with E-state index in [1.54, 1.807) is 0 Å². The minimum atomic E-state index is -0.124. The Bertz CT molecular complexity index is 1050. The van der Waals surface area contributed by atoms with Crippen LogP contribution in [0.15, 0.2) is 60.7 Å². The third-order valence-corrected chi connectivity index (χ3v) is 5.29. The van der Waals surface area contributed by atoms with Gasteiger partial charge in [0.25, 0.3) is 5.91 Å². The monoisotopic (exact) mass is 431 g/mol. The first-order valence-electron chi connectivity index (χ1n) is 11.1. The molecule has 0 bridgehead atoms. The standard InChI is InChI=1S/C28H33NO3/c1-19(2)25-11-10-20(3)17-27(25)32-18-23-8-6-7-9-26(23)28(30)29-12-13-31-24-15-21(4)14-22(5)16-24/h6-11,14-17,19H,12-13,18H2,1-5H3,(H,29,30). The zero-order chi connectivity index (χ0) is 23.1. The van der Waals surface area contributed by atoms with Gasteiger partial charge in [0.1, 0.15) is 24.7 Å². The van der Waals surface area contributed by atoms with Gasteiger partial charge in [-0.2, -0.15) is 0 Å². The van der Waals surface area contributed by atoms with Crippen LogP contribution in [0.4, 0.5) is 0 Å². The molecule has 0 aliphatic heterocycles. The molecule has 3 aromatic carbocycles. The van der Waals surface area contributed by atoms with E-state index in [9.17, 15) is 4.79 Å². The zero-order valence-electron chi connectivity index (χ0n) is 19.7. The lowest BCUT2D eigenvalue weighted by atomic mass is 10.0. The predicted molar refractivity (Wildman–Crippen MR) is 130 cm³/mol. The van der Waals surface area contributed by atoms with Crippen molar-refractivity contribution in [1.82, 2.24) is 5.32 Å². The fraction of sp³-hybridized carbons (Fsp3) is 0.321. The molecule has 32 heavy (non-hydrogen) atoms. The molecule has 1 N–H and O–H groups in total. The molecule has 3 rings (SSSR count). The van der Waals surface area contributed by atoms with Crippen LogP contribution in [-0.2, 0) is 6.61 Å². The highest BCUT2D eigenvalue weighted by molar-refractivity contribution is 5.95. The van der Waals surface area contributed by atoms with Crippen LogP contribution < -0.4 is 14.8 Å². The van der Waals surface area contributed by atoms with Gasteiger partial charge in [0, 0.05) is 11.1 Å². The second-order valence-corrected chi connectivity index (χ2v) is 8.57. The second-order valence-electron chi connectivity index (χ2n) is 8.57. The SMILES string of the molecule is Cc1cc(C)cc(OCCNC(=O)c2ccccc2COc2cc(C)ccc2C(C)C)c1. The van der Waals surface area contributed by atoms with E-state index in [2.05, 4.69) is 50.4 Å². The molecule has 0 saturated heterocycles. The summed E-state index contributed by atoms with van der Waals surface area (Å²) in [5.74, 6) is 1.93. The quantitative estimate of drug-likeness (QED) is 0.415. The normalized spacial score (nSPS) is 10.8. The molecule has 0 aromatic heterocycles. The Morgan fingerprint density at radius 2 is 1.59 bits per heavy atom. The molecule has 0 aliphatic rings. The highest BCUT2D eigenvalue weighted by Crippen LogP contribution is 2.28. The lowest BCUT2D eigenvalue weighted by Crippen LogP contribution is -2.29. The van der Waals surface area contributed by atoms with Gasteiger partial charge in [0.15, 0.2) is 0 Å². The van der Waals surface area contributed by atoms with Crippen LogP contribution in [-0.4, -0.2) is 19.1 Å². The van der Waals surface area contributed by atoms with E-state index in [4.69, 9.17) is 9.47 Å². The van der Waals surface area contributed by atoms with Crippen LogP contribution in [0.1, 0.15) is 57.9 Å². The summed E-state index contributed by atoms with van der Waals surface area (Å²) in [7, 11) is 0. The Hall–Kier alpha value is -3.27. The number of nitrogens with one attached hydrogen (secondary N) is 1. The Labute approximate surface area is 191 Å². The molecule has 0 radical (unpaired) electrons. The largest absolute Gasteiger partial charge is 0.492 e. The first-order valence-corrected chi connectivity index (χ1v) is 11.1. The van der Waals surface area contributed by atoms with Gasteiger partial charge in [0.2, 0.25) is 0 Å². The molecule has 0 fully saturated rings. The molecule has 0 aliphatic carbocycles. The van der Waals surface area contributed by atoms with Crippen molar-refractivity contribution in [3.8, 4) is 11.5 Å². The molecule has 0 spiro atoms. The topological polar surface area (TPSA) is 47.6 Å². The van der Waals surface area contributed by atoms with E-state index in [0.29, 0.717) is 31.2 Å². The highest BCUT2D eigenvalue weighted by atomic mass is 16.5. The summed E-state index contributed by atoms with van der Waals surface area (Å²) < 4.78 is 12.0. The molecule has 0 heterocycles. The van der Waals surface area contributed by atoms with Gasteiger partial charge in [-0.15, -0.1) is 0 Å². The van der Waals surface area contributed by atoms with Crippen LogP contribution >= 0.6 is 0 Å². The average Bonchev–Trinajstić information content (AvgIpc) is 2.74. The number of amides is 1. The molecule has 4 heteroatoms. The van der Waals surface area contributed by atoms with Crippen molar-refractivity contribution in [2.45, 2.75) is 47.1 Å². The van der Waals surface area contributed by atoms with Gasteiger partial charge in [0.05, 0.1) is 6.54 Å². The summed E-state index contributed by atoms with van der Waals surface area (Å²) in [6.07, 6.45) is 0. The molecule has 3 aromatic rings. The van der Waals surface area contributed by atoms with Crippen molar-refractivity contribution >= 4 is 5.91 Å². The van der Waals surface area contributed by atoms with Crippen molar-refractivity contribution in [2.24, 2.45) is 0 Å². The van der Waals surface area contributed by atoms with Crippen molar-refractivity contribution in [2.75, 3.05) is 13.2 Å². The molecular weight excluding hydrogens is 398 g/mol. The maximum atomic E-state index is 12.8. The summed E-state index contributed by atoms with van der Waals surface area (Å²) >= 11 is 0. The first kappa shape index (κ1) is 23.4. The summed E-state index contributed by atoms with van der Waals surface area (Å²) in [4.78, 5) is 12.8. The van der Waals surface area contributed by atoms with E-state index in [0.717, 1.165) is 33.8 Å². The number of benzene rings is 3. The van der Waals surface area contributed by atoms with Crippen molar-refractivity contribution in [3.05, 3.63) is 94.0 Å². The lowest BCUT2D eigenvalue weighted by molar-refractivity contribution is 0.0944. The zero-order valence-corrected chi connectivity index (χ0v) is 19.7. The van der Waals surface area contributed by atoms with Gasteiger partial charge < -0.3 is 14.8 Å². The summed E-state index contributed by atoms with van der Waals surface area (Å²) in [5.41, 5.74) is 6.12. The third kappa shape index (κ3) is 6.36. The predicted octanol–water partition coefficient (Wildman–Crippen LogP) is 6.12. The number of ether oxygens (including phenoxy) is 2. The number of carbonyl (C=O) groups excluding carboxylic acids is 1. The third-order valence-electron chi connectivity index (χ3n) is 5.29. The Morgan fingerprint density at radius 1 is 0.875 bits per heavy atom. The second kappa shape index (κ2) is 10.9. The van der Waals surface area contributed by atoms with E-state index >= 15 is 0 Å². The number of carbonyl (C=O) groups is 1. The average molecular weight is 432 g/mol. The maximum Gasteiger partial charge on any atom is 0.251 e. The van der Waals surface area contributed by atoms with Crippen LogP contribution in [0.5, 0.6) is 11.5 Å². The van der Waals surface area contributed by atoms with Crippen LogP contribution in [0.2, 0.25) is 0 Å². The van der Waals surface area contributed by atoms with Crippen molar-refractivity contribution < 1.29 is 14.3 Å². The minimum absolute atomic E-state index is 0.124. The number of hydrogen-bond acceptors (Lipinski definition) is 3. The number of aryl methyl sites for hydroxylation is 3. The summed E-state index contributed by atoms with van der Waals surface area (Å²) in [5, 5.41) is 2.96. The molecular formula is C28H33NO3. The minimum Gasteiger partial charge on any atom is -0.492 e. The van der Waals surface area contributed by atoms with E-state index in [1.807, 2.05) is 50.2 Å².